The second kappa shape index (κ2) is 13.6. The van der Waals surface area contributed by atoms with E-state index in [2.05, 4.69) is 205 Å². The molecule has 0 fully saturated rings. The third kappa shape index (κ3) is 5.66. The van der Waals surface area contributed by atoms with E-state index < -0.39 is 0 Å². The van der Waals surface area contributed by atoms with Crippen LogP contribution < -0.4 is 0 Å². The van der Waals surface area contributed by atoms with Gasteiger partial charge in [0.1, 0.15) is 0 Å². The summed E-state index contributed by atoms with van der Waals surface area (Å²) < 4.78 is 2.37. The first kappa shape index (κ1) is 32.7. The van der Waals surface area contributed by atoms with Crippen LogP contribution in [0.1, 0.15) is 0 Å². The van der Waals surface area contributed by atoms with Gasteiger partial charge in [0, 0.05) is 27.5 Å². The summed E-state index contributed by atoms with van der Waals surface area (Å²) in [5, 5.41) is 7.00. The van der Waals surface area contributed by atoms with Crippen molar-refractivity contribution < 1.29 is 0 Å². The first-order valence-corrected chi connectivity index (χ1v) is 19.3. The minimum Gasteiger partial charge on any atom is -0.308 e. The van der Waals surface area contributed by atoms with Crippen molar-refractivity contribution in [3.05, 3.63) is 206 Å². The van der Waals surface area contributed by atoms with Gasteiger partial charge >= 0.3 is 0 Å². The summed E-state index contributed by atoms with van der Waals surface area (Å²) in [5.74, 6) is 1.85. The van der Waals surface area contributed by atoms with Crippen LogP contribution >= 0.6 is 0 Å². The zero-order valence-electron chi connectivity index (χ0n) is 30.9. The largest absolute Gasteiger partial charge is 0.308 e. The SMILES string of the molecule is c1ccc(-c2ccc(-c3nc(-c4ccc(-c5ccccc5)cc4-n4c5ccccc5c5ccccc54)nc(-c4cc5ccccc5c5ccccc45)n3)cc2)cc1. The minimum atomic E-state index is 0.607. The van der Waals surface area contributed by atoms with Crippen LogP contribution in [0.5, 0.6) is 0 Å². The highest BCUT2D eigenvalue weighted by Gasteiger charge is 2.21. The summed E-state index contributed by atoms with van der Waals surface area (Å²) in [6.07, 6.45) is 0. The number of nitrogens with zero attached hydrogens (tertiary/aromatic N) is 4. The lowest BCUT2D eigenvalue weighted by molar-refractivity contribution is 1.07. The van der Waals surface area contributed by atoms with Crippen molar-refractivity contribution >= 4 is 43.4 Å². The fourth-order valence-electron chi connectivity index (χ4n) is 8.33. The fourth-order valence-corrected chi connectivity index (χ4v) is 8.33. The van der Waals surface area contributed by atoms with E-state index in [4.69, 9.17) is 15.0 Å². The summed E-state index contributed by atoms with van der Waals surface area (Å²) in [5.41, 5.74) is 10.6. The molecule has 0 bridgehead atoms. The summed E-state index contributed by atoms with van der Waals surface area (Å²) in [6.45, 7) is 0. The normalized spacial score (nSPS) is 11.5. The predicted molar refractivity (Wildman–Crippen MR) is 236 cm³/mol. The number of fused-ring (bicyclic) bond motifs is 6. The Morgan fingerprint density at radius 3 is 1.40 bits per heavy atom. The van der Waals surface area contributed by atoms with Crippen LogP contribution in [-0.2, 0) is 0 Å². The Morgan fingerprint density at radius 1 is 0.281 bits per heavy atom. The van der Waals surface area contributed by atoms with Gasteiger partial charge in [-0.15, -0.1) is 0 Å². The number of hydrogen-bond acceptors (Lipinski definition) is 3. The van der Waals surface area contributed by atoms with Gasteiger partial charge in [0.2, 0.25) is 0 Å². The quantitative estimate of drug-likeness (QED) is 0.160. The van der Waals surface area contributed by atoms with Crippen molar-refractivity contribution in [2.45, 2.75) is 0 Å². The molecule has 11 rings (SSSR count). The van der Waals surface area contributed by atoms with Gasteiger partial charge in [-0.2, -0.15) is 0 Å². The highest BCUT2D eigenvalue weighted by atomic mass is 15.1. The molecule has 0 radical (unpaired) electrons. The lowest BCUT2D eigenvalue weighted by atomic mass is 9.96. The number of hydrogen-bond donors (Lipinski definition) is 0. The van der Waals surface area contributed by atoms with Crippen LogP contribution in [0, 0.1) is 0 Å². The number of aromatic nitrogens is 4. The average molecular weight is 727 g/mol. The molecule has 4 nitrogen and oxygen atoms in total. The Balaban J connectivity index is 1.20. The second-order valence-electron chi connectivity index (χ2n) is 14.4. The van der Waals surface area contributed by atoms with Gasteiger partial charge in [0.15, 0.2) is 17.5 Å². The van der Waals surface area contributed by atoms with Crippen LogP contribution in [0.4, 0.5) is 0 Å². The molecule has 0 aliphatic rings. The Morgan fingerprint density at radius 2 is 0.737 bits per heavy atom. The van der Waals surface area contributed by atoms with Gasteiger partial charge in [-0.25, -0.2) is 15.0 Å². The van der Waals surface area contributed by atoms with E-state index in [-0.39, 0.29) is 0 Å². The molecule has 0 atom stereocenters. The summed E-state index contributed by atoms with van der Waals surface area (Å²) in [6, 6.07) is 72.8. The monoisotopic (exact) mass is 726 g/mol. The first-order valence-electron chi connectivity index (χ1n) is 19.3. The van der Waals surface area contributed by atoms with Crippen LogP contribution in [0.15, 0.2) is 206 Å². The number of para-hydroxylation sites is 2. The molecule has 2 heterocycles. The highest BCUT2D eigenvalue weighted by molar-refractivity contribution is 6.13. The Bertz CT molecular complexity index is 3220. The molecule has 0 spiro atoms. The van der Waals surface area contributed by atoms with Crippen molar-refractivity contribution in [3.8, 4) is 62.1 Å². The van der Waals surface area contributed by atoms with Crippen molar-refractivity contribution in [1.29, 1.82) is 0 Å². The first-order chi connectivity index (χ1) is 28.3. The molecule has 0 aliphatic carbocycles. The fraction of sp³-hybridized carbons (Fsp3) is 0. The third-order valence-electron chi connectivity index (χ3n) is 11.1. The zero-order valence-corrected chi connectivity index (χ0v) is 30.9. The maximum Gasteiger partial charge on any atom is 0.166 e. The molecule has 4 heteroatoms. The van der Waals surface area contributed by atoms with Crippen molar-refractivity contribution in [1.82, 2.24) is 19.5 Å². The van der Waals surface area contributed by atoms with E-state index in [1.54, 1.807) is 0 Å². The van der Waals surface area contributed by atoms with E-state index in [1.165, 1.54) is 21.5 Å². The zero-order chi connectivity index (χ0) is 37.7. The minimum absolute atomic E-state index is 0.607. The van der Waals surface area contributed by atoms with Crippen LogP contribution in [0.2, 0.25) is 0 Å². The maximum atomic E-state index is 5.42. The highest BCUT2D eigenvalue weighted by Crippen LogP contribution is 2.40. The molecule has 2 aromatic heterocycles. The standard InChI is InChI=1S/C53H34N4/c1-3-15-35(16-4-1)37-27-29-38(30-28-37)51-54-52(56-53(55-51)47-33-40-19-7-8-20-41(40)42-21-9-10-22-43(42)47)46-32-31-39(36-17-5-2-6-18-36)34-50(46)57-48-25-13-11-23-44(48)45-24-12-14-26-49(45)57/h1-34H. The summed E-state index contributed by atoms with van der Waals surface area (Å²) in [7, 11) is 0. The van der Waals surface area contributed by atoms with Gasteiger partial charge in [0.05, 0.1) is 16.7 Å². The Hall–Kier alpha value is -7.69. The van der Waals surface area contributed by atoms with E-state index in [1.807, 2.05) is 6.07 Å². The molecule has 57 heavy (non-hydrogen) atoms. The molecule has 0 N–H and O–H groups in total. The van der Waals surface area contributed by atoms with E-state index in [0.717, 1.165) is 66.4 Å². The van der Waals surface area contributed by atoms with E-state index >= 15 is 0 Å². The molecule has 0 saturated heterocycles. The van der Waals surface area contributed by atoms with E-state index in [0.29, 0.717) is 17.5 Å². The van der Waals surface area contributed by atoms with Crippen molar-refractivity contribution in [3.63, 3.8) is 0 Å². The van der Waals surface area contributed by atoms with Crippen molar-refractivity contribution in [2.24, 2.45) is 0 Å². The molecular weight excluding hydrogens is 693 g/mol. The third-order valence-corrected chi connectivity index (χ3v) is 11.1. The average Bonchev–Trinajstić information content (AvgIpc) is 3.63. The summed E-state index contributed by atoms with van der Waals surface area (Å²) >= 11 is 0. The molecule has 266 valence electrons. The summed E-state index contributed by atoms with van der Waals surface area (Å²) in [4.78, 5) is 16.0. The van der Waals surface area contributed by atoms with E-state index in [9.17, 15) is 0 Å². The Kier molecular flexibility index (Phi) is 7.78. The second-order valence-corrected chi connectivity index (χ2v) is 14.4. The van der Waals surface area contributed by atoms with Gasteiger partial charge in [-0.3, -0.25) is 0 Å². The number of benzene rings is 9. The van der Waals surface area contributed by atoms with Gasteiger partial charge in [-0.1, -0.05) is 176 Å². The Labute approximate surface area is 330 Å². The molecule has 0 aliphatic heterocycles. The molecular formula is C53H34N4. The molecule has 0 saturated carbocycles. The molecule has 0 unspecified atom stereocenters. The molecule has 0 amide bonds. The van der Waals surface area contributed by atoms with Crippen LogP contribution in [0.25, 0.3) is 105 Å². The van der Waals surface area contributed by atoms with Gasteiger partial charge in [-0.05, 0) is 74.1 Å². The molecule has 11 aromatic rings. The van der Waals surface area contributed by atoms with Crippen LogP contribution in [0.3, 0.4) is 0 Å². The predicted octanol–water partition coefficient (Wildman–Crippen LogP) is 13.6. The molecule has 9 aromatic carbocycles. The van der Waals surface area contributed by atoms with Crippen molar-refractivity contribution in [2.75, 3.05) is 0 Å². The topological polar surface area (TPSA) is 43.6 Å². The van der Waals surface area contributed by atoms with Crippen LogP contribution in [-0.4, -0.2) is 19.5 Å². The lowest BCUT2D eigenvalue weighted by Crippen LogP contribution is -2.04. The number of rotatable bonds is 6. The maximum absolute atomic E-state index is 5.42. The smallest absolute Gasteiger partial charge is 0.166 e. The van der Waals surface area contributed by atoms with Gasteiger partial charge < -0.3 is 4.57 Å². The van der Waals surface area contributed by atoms with Gasteiger partial charge in [0.25, 0.3) is 0 Å². The lowest BCUT2D eigenvalue weighted by Gasteiger charge is -2.17.